The van der Waals surface area contributed by atoms with Gasteiger partial charge in [-0.2, -0.15) is 0 Å². The number of hydrogen-bond acceptors (Lipinski definition) is 3. The second-order valence-corrected chi connectivity index (χ2v) is 5.84. The summed E-state index contributed by atoms with van der Waals surface area (Å²) in [7, 11) is 3.37. The van der Waals surface area contributed by atoms with E-state index in [1.807, 2.05) is 35.7 Å². The molecular weight excluding hydrogens is 326 g/mol. The number of ether oxygens (including phenoxy) is 1. The summed E-state index contributed by atoms with van der Waals surface area (Å²) < 4.78 is 6.19. The van der Waals surface area contributed by atoms with Crippen LogP contribution in [0.25, 0.3) is 0 Å². The SMILES string of the molecule is COc1ccsc1C(=O)N(C)Cc1ccccc1Br. The molecule has 1 aromatic heterocycles. The predicted octanol–water partition coefficient (Wildman–Crippen LogP) is 3.79. The number of halogens is 1. The molecule has 0 aliphatic carbocycles. The van der Waals surface area contributed by atoms with E-state index in [2.05, 4.69) is 15.9 Å². The van der Waals surface area contributed by atoms with Gasteiger partial charge in [0.2, 0.25) is 0 Å². The first-order valence-corrected chi connectivity index (χ1v) is 7.41. The molecule has 0 bridgehead atoms. The van der Waals surface area contributed by atoms with E-state index in [9.17, 15) is 4.79 Å². The van der Waals surface area contributed by atoms with Gasteiger partial charge >= 0.3 is 0 Å². The van der Waals surface area contributed by atoms with Crippen LogP contribution in [0.4, 0.5) is 0 Å². The third-order valence-electron chi connectivity index (χ3n) is 2.76. The lowest BCUT2D eigenvalue weighted by molar-refractivity contribution is 0.0786. The number of hydrogen-bond donors (Lipinski definition) is 0. The van der Waals surface area contributed by atoms with Crippen LogP contribution in [0.15, 0.2) is 40.2 Å². The zero-order valence-electron chi connectivity index (χ0n) is 10.7. The molecule has 0 N–H and O–H groups in total. The third kappa shape index (κ3) is 3.16. The lowest BCUT2D eigenvalue weighted by Crippen LogP contribution is -2.25. The Hall–Kier alpha value is -1.33. The highest BCUT2D eigenvalue weighted by Crippen LogP contribution is 2.26. The van der Waals surface area contributed by atoms with Crippen LogP contribution >= 0.6 is 27.3 Å². The van der Waals surface area contributed by atoms with Crippen molar-refractivity contribution in [2.24, 2.45) is 0 Å². The zero-order chi connectivity index (χ0) is 13.8. The monoisotopic (exact) mass is 339 g/mol. The second kappa shape index (κ2) is 6.21. The van der Waals surface area contributed by atoms with Crippen molar-refractivity contribution in [3.8, 4) is 5.75 Å². The van der Waals surface area contributed by atoms with Gasteiger partial charge in [0.1, 0.15) is 10.6 Å². The van der Waals surface area contributed by atoms with E-state index in [0.717, 1.165) is 10.0 Å². The van der Waals surface area contributed by atoms with Gasteiger partial charge < -0.3 is 9.64 Å². The smallest absolute Gasteiger partial charge is 0.267 e. The van der Waals surface area contributed by atoms with Gasteiger partial charge in [-0.3, -0.25) is 4.79 Å². The average molecular weight is 340 g/mol. The summed E-state index contributed by atoms with van der Waals surface area (Å²) in [6, 6.07) is 9.70. The van der Waals surface area contributed by atoms with Gasteiger partial charge in [0.25, 0.3) is 5.91 Å². The number of carbonyl (C=O) groups excluding carboxylic acids is 1. The molecule has 0 atom stereocenters. The molecule has 1 heterocycles. The summed E-state index contributed by atoms with van der Waals surface area (Å²) in [4.78, 5) is 14.7. The zero-order valence-corrected chi connectivity index (χ0v) is 13.1. The predicted molar refractivity (Wildman–Crippen MR) is 80.8 cm³/mol. The van der Waals surface area contributed by atoms with Crippen molar-refractivity contribution in [3.63, 3.8) is 0 Å². The molecule has 0 aliphatic heterocycles. The van der Waals surface area contributed by atoms with Crippen LogP contribution in [0.1, 0.15) is 15.2 Å². The minimum absolute atomic E-state index is 0.0254. The van der Waals surface area contributed by atoms with E-state index in [4.69, 9.17) is 4.74 Å². The molecule has 19 heavy (non-hydrogen) atoms. The number of amides is 1. The van der Waals surface area contributed by atoms with Gasteiger partial charge in [0.15, 0.2) is 0 Å². The lowest BCUT2D eigenvalue weighted by Gasteiger charge is -2.17. The van der Waals surface area contributed by atoms with Crippen LogP contribution in [0.5, 0.6) is 5.75 Å². The Morgan fingerprint density at radius 3 is 2.79 bits per heavy atom. The summed E-state index contributed by atoms with van der Waals surface area (Å²) >= 11 is 4.89. The maximum atomic E-state index is 12.3. The second-order valence-electron chi connectivity index (χ2n) is 4.07. The largest absolute Gasteiger partial charge is 0.495 e. The van der Waals surface area contributed by atoms with Crippen LogP contribution in [0, 0.1) is 0 Å². The Morgan fingerprint density at radius 2 is 2.11 bits per heavy atom. The number of carbonyl (C=O) groups is 1. The highest BCUT2D eigenvalue weighted by Gasteiger charge is 2.18. The molecule has 100 valence electrons. The normalized spacial score (nSPS) is 10.3. The third-order valence-corrected chi connectivity index (χ3v) is 4.41. The van der Waals surface area contributed by atoms with E-state index in [1.165, 1.54) is 11.3 Å². The van der Waals surface area contributed by atoms with E-state index >= 15 is 0 Å². The topological polar surface area (TPSA) is 29.5 Å². The molecule has 1 amide bonds. The number of rotatable bonds is 4. The quantitative estimate of drug-likeness (QED) is 0.847. The highest BCUT2D eigenvalue weighted by atomic mass is 79.9. The molecule has 0 fully saturated rings. The standard InChI is InChI=1S/C14H14BrNO2S/c1-16(9-10-5-3-4-6-11(10)15)14(17)13-12(18-2)7-8-19-13/h3-8H,9H2,1-2H3. The molecule has 5 heteroatoms. The molecule has 0 spiro atoms. The van der Waals surface area contributed by atoms with E-state index in [-0.39, 0.29) is 5.91 Å². The highest BCUT2D eigenvalue weighted by molar-refractivity contribution is 9.10. The molecule has 0 unspecified atom stereocenters. The fraction of sp³-hybridized carbons (Fsp3) is 0.214. The molecular formula is C14H14BrNO2S. The fourth-order valence-corrected chi connectivity index (χ4v) is 3.00. The fourth-order valence-electron chi connectivity index (χ4n) is 1.74. The first kappa shape index (κ1) is 14.1. The maximum Gasteiger partial charge on any atom is 0.267 e. The molecule has 1 aromatic carbocycles. The molecule has 0 radical (unpaired) electrons. The first-order chi connectivity index (χ1) is 9.13. The summed E-state index contributed by atoms with van der Waals surface area (Å²) in [5, 5.41) is 1.86. The lowest BCUT2D eigenvalue weighted by atomic mass is 10.2. The van der Waals surface area contributed by atoms with Gasteiger partial charge in [-0.25, -0.2) is 0 Å². The Bertz CT molecular complexity index is 582. The molecule has 0 aliphatic rings. The maximum absolute atomic E-state index is 12.3. The van der Waals surface area contributed by atoms with Crippen LogP contribution in [-0.2, 0) is 6.54 Å². The van der Waals surface area contributed by atoms with Crippen molar-refractivity contribution < 1.29 is 9.53 Å². The number of thiophene rings is 1. The minimum Gasteiger partial charge on any atom is -0.495 e. The van der Waals surface area contributed by atoms with Gasteiger partial charge in [-0.1, -0.05) is 34.1 Å². The van der Waals surface area contributed by atoms with Gasteiger partial charge in [0, 0.05) is 18.1 Å². The summed E-state index contributed by atoms with van der Waals surface area (Å²) in [5.74, 6) is 0.608. The Labute approximate surface area is 124 Å². The van der Waals surface area contributed by atoms with Gasteiger partial charge in [0.05, 0.1) is 7.11 Å². The summed E-state index contributed by atoms with van der Waals surface area (Å²) in [6.07, 6.45) is 0. The van der Waals surface area contributed by atoms with Crippen LogP contribution in [0.2, 0.25) is 0 Å². The molecule has 3 nitrogen and oxygen atoms in total. The van der Waals surface area contributed by atoms with E-state index in [1.54, 1.807) is 19.1 Å². The average Bonchev–Trinajstić information content (AvgIpc) is 2.88. The van der Waals surface area contributed by atoms with E-state index < -0.39 is 0 Å². The molecule has 2 aromatic rings. The van der Waals surface area contributed by atoms with Crippen molar-refractivity contribution in [1.29, 1.82) is 0 Å². The van der Waals surface area contributed by atoms with Crippen molar-refractivity contribution >= 4 is 33.2 Å². The number of benzene rings is 1. The molecule has 0 saturated carbocycles. The summed E-state index contributed by atoms with van der Waals surface area (Å²) in [6.45, 7) is 0.557. The minimum atomic E-state index is -0.0254. The molecule has 2 rings (SSSR count). The Morgan fingerprint density at radius 1 is 1.37 bits per heavy atom. The van der Waals surface area contributed by atoms with Crippen LogP contribution in [-0.4, -0.2) is 25.0 Å². The van der Waals surface area contributed by atoms with Gasteiger partial charge in [-0.05, 0) is 23.1 Å². The number of nitrogens with zero attached hydrogens (tertiary/aromatic N) is 1. The summed E-state index contributed by atoms with van der Waals surface area (Å²) in [5.41, 5.74) is 1.08. The van der Waals surface area contributed by atoms with Crippen molar-refractivity contribution in [2.75, 3.05) is 14.2 Å². The first-order valence-electron chi connectivity index (χ1n) is 5.74. The van der Waals surface area contributed by atoms with Gasteiger partial charge in [-0.15, -0.1) is 11.3 Å². The van der Waals surface area contributed by atoms with Crippen LogP contribution in [0.3, 0.4) is 0 Å². The van der Waals surface area contributed by atoms with Crippen LogP contribution < -0.4 is 4.74 Å². The Kier molecular flexibility index (Phi) is 4.61. The molecule has 0 saturated heterocycles. The van der Waals surface area contributed by atoms with Crippen molar-refractivity contribution in [1.82, 2.24) is 4.90 Å². The van der Waals surface area contributed by atoms with E-state index in [0.29, 0.717) is 17.2 Å². The number of methoxy groups -OCH3 is 1. The van der Waals surface area contributed by atoms with Crippen molar-refractivity contribution in [3.05, 3.63) is 50.6 Å². The van der Waals surface area contributed by atoms with Crippen molar-refractivity contribution in [2.45, 2.75) is 6.54 Å². The Balaban J connectivity index is 2.14.